The van der Waals surface area contributed by atoms with Crippen LogP contribution in [0.4, 0.5) is 0 Å². The van der Waals surface area contributed by atoms with Crippen molar-refractivity contribution in [2.45, 2.75) is 40.0 Å². The lowest BCUT2D eigenvalue weighted by atomic mass is 10.4. The zero-order valence-corrected chi connectivity index (χ0v) is 15.6. The van der Waals surface area contributed by atoms with Crippen molar-refractivity contribution in [2.75, 3.05) is 20.7 Å². The van der Waals surface area contributed by atoms with Crippen LogP contribution < -0.4 is 5.32 Å². The second kappa shape index (κ2) is 8.74. The highest BCUT2D eigenvalue weighted by atomic mass is 32.1. The molecule has 0 bridgehead atoms. The Morgan fingerprint density at radius 2 is 2.29 bits per heavy atom. The number of aryl methyl sites for hydroxylation is 1. The molecule has 0 amide bonds. The molecule has 2 aromatic rings. The fourth-order valence-corrected chi connectivity index (χ4v) is 2.77. The Labute approximate surface area is 146 Å². The Hall–Kier alpha value is -2.00. The number of aliphatic imine (C=N–C) groups is 1. The lowest BCUT2D eigenvalue weighted by Crippen LogP contribution is -2.38. The Morgan fingerprint density at radius 1 is 1.50 bits per heavy atom. The molecular weight excluding hydrogens is 328 g/mol. The summed E-state index contributed by atoms with van der Waals surface area (Å²) < 4.78 is 10.7. The first kappa shape index (κ1) is 18.3. The minimum atomic E-state index is -0.178. The minimum absolute atomic E-state index is 0.178. The summed E-state index contributed by atoms with van der Waals surface area (Å²) >= 11 is 1.64. The summed E-state index contributed by atoms with van der Waals surface area (Å²) in [4.78, 5) is 15.1. The molecular formula is C15H24N6O2S. The van der Waals surface area contributed by atoms with E-state index in [4.69, 9.17) is 9.26 Å². The van der Waals surface area contributed by atoms with Crippen LogP contribution in [0.3, 0.4) is 0 Å². The molecule has 8 nitrogen and oxygen atoms in total. The van der Waals surface area contributed by atoms with Gasteiger partial charge in [0.2, 0.25) is 5.89 Å². The highest BCUT2D eigenvalue weighted by molar-refractivity contribution is 7.09. The highest BCUT2D eigenvalue weighted by Gasteiger charge is 2.15. The standard InChI is InChI=1S/C15H24N6O2S/c1-6-22-10(2)14-19-13(23-20-14)7-17-15(16-4)21(5)8-12-9-24-11(3)18-12/h9-10H,6-8H2,1-5H3,(H,16,17). The van der Waals surface area contributed by atoms with E-state index in [0.717, 1.165) is 16.7 Å². The minimum Gasteiger partial charge on any atom is -0.371 e. The first-order valence-corrected chi connectivity index (χ1v) is 8.68. The predicted molar refractivity (Wildman–Crippen MR) is 92.9 cm³/mol. The van der Waals surface area contributed by atoms with Gasteiger partial charge < -0.3 is 19.5 Å². The molecule has 2 heterocycles. The number of nitrogens with one attached hydrogen (secondary N) is 1. The summed E-state index contributed by atoms with van der Waals surface area (Å²) in [6.45, 7) is 7.52. The van der Waals surface area contributed by atoms with Gasteiger partial charge in [0.25, 0.3) is 0 Å². The molecule has 0 aromatic carbocycles. The van der Waals surface area contributed by atoms with Crippen LogP contribution in [0.15, 0.2) is 14.9 Å². The maximum atomic E-state index is 5.45. The average molecular weight is 352 g/mol. The predicted octanol–water partition coefficient (Wildman–Crippen LogP) is 2.14. The van der Waals surface area contributed by atoms with E-state index in [1.54, 1.807) is 18.4 Å². The molecule has 0 saturated heterocycles. The molecule has 2 rings (SSSR count). The van der Waals surface area contributed by atoms with Gasteiger partial charge in [0.1, 0.15) is 6.10 Å². The van der Waals surface area contributed by atoms with Gasteiger partial charge in [0.15, 0.2) is 11.8 Å². The van der Waals surface area contributed by atoms with Gasteiger partial charge in [-0.05, 0) is 20.8 Å². The van der Waals surface area contributed by atoms with Gasteiger partial charge in [-0.1, -0.05) is 5.16 Å². The number of ether oxygens (including phenoxy) is 1. The highest BCUT2D eigenvalue weighted by Crippen LogP contribution is 2.13. The van der Waals surface area contributed by atoms with Gasteiger partial charge in [0.05, 0.1) is 23.8 Å². The molecule has 1 unspecified atom stereocenters. The van der Waals surface area contributed by atoms with E-state index >= 15 is 0 Å². The van der Waals surface area contributed by atoms with Crippen LogP contribution in [0.25, 0.3) is 0 Å². The maximum Gasteiger partial charge on any atom is 0.246 e. The van der Waals surface area contributed by atoms with Crippen LogP contribution in [0, 0.1) is 6.92 Å². The summed E-state index contributed by atoms with van der Waals surface area (Å²) in [7, 11) is 3.70. The normalized spacial score (nSPS) is 13.1. The van der Waals surface area contributed by atoms with Crippen molar-refractivity contribution in [2.24, 2.45) is 4.99 Å². The van der Waals surface area contributed by atoms with Gasteiger partial charge in [-0.25, -0.2) is 4.98 Å². The molecule has 0 fully saturated rings. The van der Waals surface area contributed by atoms with Crippen molar-refractivity contribution >= 4 is 17.3 Å². The summed E-state index contributed by atoms with van der Waals surface area (Å²) in [5, 5.41) is 10.3. The monoisotopic (exact) mass is 352 g/mol. The van der Waals surface area contributed by atoms with Gasteiger partial charge in [-0.15, -0.1) is 11.3 Å². The van der Waals surface area contributed by atoms with E-state index in [1.807, 2.05) is 32.7 Å². The fraction of sp³-hybridized carbons (Fsp3) is 0.600. The lowest BCUT2D eigenvalue weighted by molar-refractivity contribution is 0.0683. The molecule has 132 valence electrons. The topological polar surface area (TPSA) is 88.7 Å². The number of aromatic nitrogens is 3. The molecule has 0 spiro atoms. The molecule has 9 heteroatoms. The smallest absolute Gasteiger partial charge is 0.246 e. The second-order valence-electron chi connectivity index (χ2n) is 5.26. The number of hydrogen-bond acceptors (Lipinski definition) is 7. The Morgan fingerprint density at radius 3 is 2.92 bits per heavy atom. The number of nitrogens with zero attached hydrogens (tertiary/aromatic N) is 5. The van der Waals surface area contributed by atoms with E-state index < -0.39 is 0 Å². The lowest BCUT2D eigenvalue weighted by Gasteiger charge is -2.20. The van der Waals surface area contributed by atoms with Gasteiger partial charge in [-0.2, -0.15) is 4.98 Å². The Bertz CT molecular complexity index is 668. The molecule has 0 aliphatic rings. The van der Waals surface area contributed by atoms with Gasteiger partial charge >= 0.3 is 0 Å². The summed E-state index contributed by atoms with van der Waals surface area (Å²) in [6.07, 6.45) is -0.178. The third-order valence-corrected chi connectivity index (χ3v) is 4.12. The van der Waals surface area contributed by atoms with Crippen LogP contribution in [0.5, 0.6) is 0 Å². The third kappa shape index (κ3) is 5.00. The van der Waals surface area contributed by atoms with E-state index in [9.17, 15) is 0 Å². The van der Waals surface area contributed by atoms with Crippen LogP contribution >= 0.6 is 11.3 Å². The average Bonchev–Trinajstić information content (AvgIpc) is 3.17. The number of guanidine groups is 1. The summed E-state index contributed by atoms with van der Waals surface area (Å²) in [5.74, 6) is 1.78. The van der Waals surface area contributed by atoms with Crippen molar-refractivity contribution in [3.63, 3.8) is 0 Å². The SMILES string of the molecule is CCOC(C)c1noc(CNC(=NC)N(C)Cc2csc(C)n2)n1. The number of hydrogen-bond donors (Lipinski definition) is 1. The molecule has 0 aliphatic heterocycles. The van der Waals surface area contributed by atoms with Crippen molar-refractivity contribution in [1.82, 2.24) is 25.3 Å². The van der Waals surface area contributed by atoms with E-state index in [-0.39, 0.29) is 6.10 Å². The van der Waals surface area contributed by atoms with Gasteiger partial charge in [-0.3, -0.25) is 4.99 Å². The van der Waals surface area contributed by atoms with E-state index in [2.05, 4.69) is 30.8 Å². The third-order valence-electron chi connectivity index (χ3n) is 3.30. The maximum absolute atomic E-state index is 5.45. The van der Waals surface area contributed by atoms with Crippen LogP contribution in [0.1, 0.15) is 42.4 Å². The number of thiazole rings is 1. The van der Waals surface area contributed by atoms with Crippen molar-refractivity contribution < 1.29 is 9.26 Å². The van der Waals surface area contributed by atoms with Crippen LogP contribution in [0.2, 0.25) is 0 Å². The molecule has 1 atom stereocenters. The quantitative estimate of drug-likeness (QED) is 0.603. The molecule has 0 aliphatic carbocycles. The van der Waals surface area contributed by atoms with Crippen molar-refractivity contribution in [3.05, 3.63) is 27.8 Å². The van der Waals surface area contributed by atoms with Crippen molar-refractivity contribution in [3.8, 4) is 0 Å². The molecule has 24 heavy (non-hydrogen) atoms. The summed E-state index contributed by atoms with van der Waals surface area (Å²) in [5.41, 5.74) is 1.02. The number of rotatable bonds is 7. The van der Waals surface area contributed by atoms with Crippen LogP contribution in [-0.4, -0.2) is 46.7 Å². The first-order valence-electron chi connectivity index (χ1n) is 7.80. The molecule has 0 saturated carbocycles. The zero-order chi connectivity index (χ0) is 17.5. The Kier molecular flexibility index (Phi) is 6.68. The zero-order valence-electron chi connectivity index (χ0n) is 14.7. The molecule has 2 aromatic heterocycles. The van der Waals surface area contributed by atoms with Crippen molar-refractivity contribution in [1.29, 1.82) is 0 Å². The molecule has 0 radical (unpaired) electrons. The molecule has 1 N–H and O–H groups in total. The van der Waals surface area contributed by atoms with E-state index in [1.165, 1.54) is 0 Å². The largest absolute Gasteiger partial charge is 0.371 e. The fourth-order valence-electron chi connectivity index (χ4n) is 2.17. The van der Waals surface area contributed by atoms with Gasteiger partial charge in [0, 0.05) is 26.1 Å². The second-order valence-corrected chi connectivity index (χ2v) is 6.32. The van der Waals surface area contributed by atoms with E-state index in [0.29, 0.717) is 31.4 Å². The first-order chi connectivity index (χ1) is 11.5. The Balaban J connectivity index is 1.89. The van der Waals surface area contributed by atoms with Crippen LogP contribution in [-0.2, 0) is 17.8 Å². The summed E-state index contributed by atoms with van der Waals surface area (Å²) in [6, 6.07) is 0.